The van der Waals surface area contributed by atoms with Crippen LogP contribution < -0.4 is 8.27 Å². The molecule has 0 atom stereocenters. The van der Waals surface area contributed by atoms with Crippen LogP contribution in [0.1, 0.15) is 5.56 Å². The molecule has 18 heavy (non-hydrogen) atoms. The second-order valence-electron chi connectivity index (χ2n) is 3.26. The van der Waals surface area contributed by atoms with Gasteiger partial charge in [0.25, 0.3) is 0 Å². The maximum absolute atomic E-state index is 9.66. The number of benzene rings is 1. The molecule has 6 nitrogen and oxygen atoms in total. The van der Waals surface area contributed by atoms with Crippen molar-refractivity contribution >= 4 is 28.6 Å². The Bertz CT molecular complexity index is 434. The molecule has 0 radical (unpaired) electrons. The Balaban J connectivity index is 2.63. The smallest absolute Gasteiger partial charge is 0.163 e. The first kappa shape index (κ1) is 14.8. The summed E-state index contributed by atoms with van der Waals surface area (Å²) >= 11 is 1.90. The van der Waals surface area contributed by atoms with Crippen molar-refractivity contribution in [2.75, 3.05) is 30.0 Å². The summed E-state index contributed by atoms with van der Waals surface area (Å²) in [5.41, 5.74) is 0.910. The summed E-state index contributed by atoms with van der Waals surface area (Å²) in [7, 11) is 0. The van der Waals surface area contributed by atoms with E-state index in [1.54, 1.807) is 6.07 Å². The van der Waals surface area contributed by atoms with Gasteiger partial charge in [0.2, 0.25) is 0 Å². The van der Waals surface area contributed by atoms with Crippen LogP contribution in [0.3, 0.4) is 0 Å². The normalized spacial score (nSPS) is 9.83. The van der Waals surface area contributed by atoms with E-state index in [-0.39, 0.29) is 31.3 Å². The summed E-state index contributed by atoms with van der Waals surface area (Å²) in [6.07, 6.45) is 0. The molecular weight excluding hydrogens is 351 g/mol. The quantitative estimate of drug-likeness (QED) is 0.293. The number of nitrogens with zero attached hydrogens (tertiary/aromatic N) is 1. The highest BCUT2D eigenvalue weighted by Gasteiger charge is 2.09. The molecule has 3 N–H and O–H groups in total. The van der Waals surface area contributed by atoms with E-state index >= 15 is 0 Å². The number of aliphatic hydroxyl groups is 1. The van der Waals surface area contributed by atoms with Crippen molar-refractivity contribution in [3.8, 4) is 17.6 Å². The van der Waals surface area contributed by atoms with Gasteiger partial charge in [0.1, 0.15) is 12.7 Å². The molecule has 0 aliphatic rings. The van der Waals surface area contributed by atoms with Crippen molar-refractivity contribution in [2.45, 2.75) is 0 Å². The number of nitriles is 1. The molecule has 0 amide bonds. The summed E-state index contributed by atoms with van der Waals surface area (Å²) < 4.78 is 13.2. The number of hydrogen-bond acceptors (Lipinski definition) is 6. The Morgan fingerprint density at radius 2 is 2.11 bits per heavy atom. The average molecular weight is 364 g/mol. The van der Waals surface area contributed by atoms with E-state index in [1.807, 2.05) is 28.9 Å². The van der Waals surface area contributed by atoms with Gasteiger partial charge >= 0.3 is 0 Å². The van der Waals surface area contributed by atoms with Crippen LogP contribution in [0.25, 0.3) is 0 Å². The highest BCUT2D eigenvalue weighted by atomic mass is 127. The van der Waals surface area contributed by atoms with Crippen molar-refractivity contribution < 1.29 is 19.7 Å². The van der Waals surface area contributed by atoms with E-state index in [0.29, 0.717) is 17.9 Å². The Hall–Kier alpha value is -1.24. The van der Waals surface area contributed by atoms with Crippen LogP contribution in [0.2, 0.25) is 0 Å². The zero-order valence-electron chi connectivity index (χ0n) is 9.52. The Morgan fingerprint density at radius 3 is 2.72 bits per heavy atom. The predicted octanol–water partition coefficient (Wildman–Crippen LogP) is 1.41. The molecule has 7 heteroatoms. The van der Waals surface area contributed by atoms with E-state index in [4.69, 9.17) is 19.8 Å². The monoisotopic (exact) mass is 364 g/mol. The van der Waals surface area contributed by atoms with Crippen LogP contribution in [0, 0.1) is 11.3 Å². The van der Waals surface area contributed by atoms with Crippen molar-refractivity contribution in [1.82, 2.24) is 0 Å². The van der Waals surface area contributed by atoms with Gasteiger partial charge in [0.15, 0.2) is 11.5 Å². The number of halogens is 1. The number of anilines is 1. The minimum absolute atomic E-state index is 0.0367. The van der Waals surface area contributed by atoms with E-state index < -0.39 is 0 Å². The van der Waals surface area contributed by atoms with Gasteiger partial charge in [-0.15, -0.1) is 0 Å². The Morgan fingerprint density at radius 1 is 1.33 bits per heavy atom. The molecule has 0 heterocycles. The third-order valence-corrected chi connectivity index (χ3v) is 2.62. The molecule has 1 aromatic carbocycles. The molecule has 0 aliphatic heterocycles. The van der Waals surface area contributed by atoms with Crippen LogP contribution >= 0.6 is 22.9 Å². The molecule has 0 spiro atoms. The second kappa shape index (κ2) is 7.97. The van der Waals surface area contributed by atoms with Gasteiger partial charge in [-0.1, -0.05) is 0 Å². The zero-order chi connectivity index (χ0) is 13.4. The lowest BCUT2D eigenvalue weighted by Crippen LogP contribution is -2.09. The largest absolute Gasteiger partial charge is 0.504 e. The fraction of sp³-hybridized carbons (Fsp3) is 0.364. The van der Waals surface area contributed by atoms with Gasteiger partial charge in [0.05, 0.1) is 53.9 Å². The number of aromatic hydroxyl groups is 1. The molecule has 1 rings (SSSR count). The Kier molecular flexibility index (Phi) is 6.56. The van der Waals surface area contributed by atoms with Crippen LogP contribution in [-0.4, -0.2) is 36.6 Å². The minimum atomic E-state index is -0.0934. The number of phenolic OH excluding ortho intramolecular Hbond substituents is 1. The number of phenols is 1. The first-order valence-corrected chi connectivity index (χ1v) is 6.26. The summed E-state index contributed by atoms with van der Waals surface area (Å²) in [5, 5.41) is 27.0. The fourth-order valence-corrected chi connectivity index (χ4v) is 1.68. The second-order valence-corrected chi connectivity index (χ2v) is 3.80. The lowest BCUT2D eigenvalue weighted by Gasteiger charge is -2.10. The SMILES string of the molecule is N#Cc1cc(O)c(OCCOCCO)cc1NI. The molecule has 0 unspecified atom stereocenters. The van der Waals surface area contributed by atoms with Gasteiger partial charge in [-0.25, -0.2) is 0 Å². The van der Waals surface area contributed by atoms with E-state index in [0.717, 1.165) is 0 Å². The van der Waals surface area contributed by atoms with Crippen molar-refractivity contribution in [2.24, 2.45) is 0 Å². The number of nitrogens with one attached hydrogen (secondary N) is 1. The number of aliphatic hydroxyl groups excluding tert-OH is 1. The summed E-state index contributed by atoms with van der Waals surface area (Å²) in [5.74, 6) is 0.185. The first-order chi connectivity index (χ1) is 8.72. The van der Waals surface area contributed by atoms with Crippen LogP contribution in [0.4, 0.5) is 5.69 Å². The van der Waals surface area contributed by atoms with Crippen LogP contribution in [0.15, 0.2) is 12.1 Å². The number of ether oxygens (including phenoxy) is 2. The minimum Gasteiger partial charge on any atom is -0.504 e. The van der Waals surface area contributed by atoms with Crippen molar-refractivity contribution in [3.05, 3.63) is 17.7 Å². The average Bonchev–Trinajstić information content (AvgIpc) is 2.39. The molecular formula is C11H13IN2O4. The number of hydrogen-bond donors (Lipinski definition) is 3. The van der Waals surface area contributed by atoms with Gasteiger partial charge in [-0.3, -0.25) is 0 Å². The fourth-order valence-electron chi connectivity index (χ4n) is 1.23. The molecule has 0 fully saturated rings. The summed E-state index contributed by atoms with van der Waals surface area (Å²) in [6.45, 7) is 0.779. The van der Waals surface area contributed by atoms with Crippen molar-refractivity contribution in [1.29, 1.82) is 5.26 Å². The van der Waals surface area contributed by atoms with Crippen LogP contribution in [0.5, 0.6) is 11.5 Å². The van der Waals surface area contributed by atoms with Gasteiger partial charge < -0.3 is 23.2 Å². The molecule has 0 aromatic heterocycles. The molecule has 0 saturated carbocycles. The highest BCUT2D eigenvalue weighted by molar-refractivity contribution is 14.1. The topological polar surface area (TPSA) is 94.7 Å². The van der Waals surface area contributed by atoms with E-state index in [9.17, 15) is 5.11 Å². The van der Waals surface area contributed by atoms with Gasteiger partial charge in [-0.05, 0) is 0 Å². The van der Waals surface area contributed by atoms with Gasteiger partial charge in [-0.2, -0.15) is 5.26 Å². The highest BCUT2D eigenvalue weighted by Crippen LogP contribution is 2.32. The molecule has 0 aliphatic carbocycles. The Labute approximate surface area is 119 Å². The molecule has 98 valence electrons. The van der Waals surface area contributed by atoms with Crippen LogP contribution in [-0.2, 0) is 4.74 Å². The molecule has 1 aromatic rings. The standard InChI is InChI=1S/C11H13IN2O4/c12-14-9-6-11(10(16)5-8(9)7-13)18-4-3-17-2-1-15/h5-6,14-16H,1-4H2. The summed E-state index contributed by atoms with van der Waals surface area (Å²) in [4.78, 5) is 0. The maximum atomic E-state index is 9.66. The third kappa shape index (κ3) is 4.21. The first-order valence-electron chi connectivity index (χ1n) is 5.18. The predicted molar refractivity (Wildman–Crippen MR) is 73.9 cm³/mol. The number of rotatable bonds is 7. The lowest BCUT2D eigenvalue weighted by molar-refractivity contribution is 0.0699. The van der Waals surface area contributed by atoms with E-state index in [2.05, 4.69) is 3.53 Å². The molecule has 0 saturated heterocycles. The maximum Gasteiger partial charge on any atom is 0.163 e. The van der Waals surface area contributed by atoms with E-state index in [1.165, 1.54) is 6.07 Å². The zero-order valence-corrected chi connectivity index (χ0v) is 11.7. The van der Waals surface area contributed by atoms with Crippen molar-refractivity contribution in [3.63, 3.8) is 0 Å². The lowest BCUT2D eigenvalue weighted by atomic mass is 10.2. The summed E-state index contributed by atoms with van der Waals surface area (Å²) in [6, 6.07) is 4.85. The molecule has 0 bridgehead atoms. The van der Waals surface area contributed by atoms with Gasteiger partial charge in [0, 0.05) is 12.1 Å². The third-order valence-electron chi connectivity index (χ3n) is 2.04.